The molecule has 1 aliphatic rings. The van der Waals surface area contributed by atoms with Crippen molar-refractivity contribution in [2.45, 2.75) is 37.6 Å². The molecule has 11 heteroatoms. The lowest BCUT2D eigenvalue weighted by molar-refractivity contribution is -0.130. The fourth-order valence-corrected chi connectivity index (χ4v) is 7.53. The van der Waals surface area contributed by atoms with E-state index in [1.54, 1.807) is 27.6 Å². The van der Waals surface area contributed by atoms with Gasteiger partial charge in [0.25, 0.3) is 0 Å². The van der Waals surface area contributed by atoms with Crippen LogP contribution >= 0.6 is 34.4 Å². The van der Waals surface area contributed by atoms with Crippen LogP contribution in [0.4, 0.5) is 0 Å². The molecule has 1 aliphatic heterocycles. The van der Waals surface area contributed by atoms with E-state index in [2.05, 4.69) is 10.2 Å². The Hall–Kier alpha value is -1.69. The second kappa shape index (κ2) is 9.21. The quantitative estimate of drug-likeness (QED) is 0.458. The van der Waals surface area contributed by atoms with Gasteiger partial charge in [0.2, 0.25) is 5.91 Å². The van der Waals surface area contributed by atoms with Gasteiger partial charge >= 0.3 is 0 Å². The van der Waals surface area contributed by atoms with Crippen LogP contribution in [0.5, 0.6) is 0 Å². The maximum absolute atomic E-state index is 13.1. The molecule has 4 rings (SSSR count). The molecule has 3 aromatic heterocycles. The van der Waals surface area contributed by atoms with Crippen molar-refractivity contribution < 1.29 is 13.2 Å². The third kappa shape index (κ3) is 4.79. The number of amides is 1. The van der Waals surface area contributed by atoms with Crippen molar-refractivity contribution in [2.24, 2.45) is 0 Å². The molecule has 0 saturated carbocycles. The Morgan fingerprint density at radius 3 is 2.70 bits per heavy atom. The van der Waals surface area contributed by atoms with Gasteiger partial charge in [0.05, 0.1) is 28.7 Å². The van der Waals surface area contributed by atoms with E-state index in [4.69, 9.17) is 0 Å². The highest BCUT2D eigenvalue weighted by molar-refractivity contribution is 7.99. The van der Waals surface area contributed by atoms with Crippen LogP contribution in [0.1, 0.15) is 18.2 Å². The van der Waals surface area contributed by atoms with Gasteiger partial charge in [0, 0.05) is 17.5 Å². The molecule has 0 radical (unpaired) electrons. The molecule has 7 nitrogen and oxygen atoms in total. The Kier molecular flexibility index (Phi) is 6.61. The largest absolute Gasteiger partial charge is 0.333 e. The van der Waals surface area contributed by atoms with Gasteiger partial charge in [-0.15, -0.1) is 32.9 Å². The van der Waals surface area contributed by atoms with Gasteiger partial charge in [0.15, 0.2) is 20.8 Å². The van der Waals surface area contributed by atoms with Crippen LogP contribution in [0.2, 0.25) is 0 Å². The number of hydrogen-bond donors (Lipinski definition) is 0. The summed E-state index contributed by atoms with van der Waals surface area (Å²) < 4.78 is 26.0. The molecule has 4 heterocycles. The van der Waals surface area contributed by atoms with E-state index >= 15 is 0 Å². The third-order valence-corrected chi connectivity index (χ3v) is 9.40. The predicted molar refractivity (Wildman–Crippen MR) is 122 cm³/mol. The summed E-state index contributed by atoms with van der Waals surface area (Å²) in [7, 11) is -3.08. The van der Waals surface area contributed by atoms with E-state index in [0.717, 1.165) is 15.6 Å². The van der Waals surface area contributed by atoms with E-state index < -0.39 is 9.84 Å². The van der Waals surface area contributed by atoms with Crippen molar-refractivity contribution >= 4 is 50.2 Å². The van der Waals surface area contributed by atoms with E-state index in [-0.39, 0.29) is 29.2 Å². The molecule has 0 spiro atoms. The number of carbonyl (C=O) groups is 1. The second-order valence-electron chi connectivity index (χ2n) is 6.97. The van der Waals surface area contributed by atoms with Crippen molar-refractivity contribution in [3.63, 3.8) is 0 Å². The van der Waals surface area contributed by atoms with Crippen molar-refractivity contribution in [1.82, 2.24) is 19.7 Å². The predicted octanol–water partition coefficient (Wildman–Crippen LogP) is 3.40. The number of rotatable bonds is 8. The number of thioether (sulfide) groups is 1. The zero-order valence-corrected chi connectivity index (χ0v) is 19.7. The van der Waals surface area contributed by atoms with Crippen LogP contribution in [-0.4, -0.2) is 57.3 Å². The van der Waals surface area contributed by atoms with Gasteiger partial charge in [-0.25, -0.2) is 8.42 Å². The lowest BCUT2D eigenvalue weighted by Gasteiger charge is -2.27. The Labute approximate surface area is 188 Å². The highest BCUT2D eigenvalue weighted by Crippen LogP contribution is 2.28. The third-order valence-electron chi connectivity index (χ3n) is 4.98. The summed E-state index contributed by atoms with van der Waals surface area (Å²) in [6.45, 7) is 3.17. The van der Waals surface area contributed by atoms with Crippen LogP contribution < -0.4 is 0 Å². The number of aromatic nitrogens is 3. The maximum atomic E-state index is 13.1. The summed E-state index contributed by atoms with van der Waals surface area (Å²) in [4.78, 5) is 17.0. The summed E-state index contributed by atoms with van der Waals surface area (Å²) in [5.41, 5.74) is 0. The van der Waals surface area contributed by atoms with Crippen molar-refractivity contribution in [3.05, 3.63) is 39.9 Å². The molecular weight excluding hydrogens is 461 g/mol. The molecule has 1 unspecified atom stereocenters. The van der Waals surface area contributed by atoms with Gasteiger partial charge in [-0.2, -0.15) is 0 Å². The first-order valence-corrected chi connectivity index (χ1v) is 14.2. The SMILES string of the molecule is CCn1c(SCC(=O)N(Cc2cccs2)C2CCS(=O)(=O)C2)nnc1-c1cccs1. The Bertz CT molecular complexity index is 1090. The molecule has 0 aromatic carbocycles. The number of thiophene rings is 2. The monoisotopic (exact) mass is 482 g/mol. The lowest BCUT2D eigenvalue weighted by Crippen LogP contribution is -2.41. The van der Waals surface area contributed by atoms with Crippen LogP contribution in [0.3, 0.4) is 0 Å². The highest BCUT2D eigenvalue weighted by atomic mass is 32.2. The van der Waals surface area contributed by atoms with E-state index in [1.165, 1.54) is 11.8 Å². The number of nitrogens with zero attached hydrogens (tertiary/aromatic N) is 4. The minimum absolute atomic E-state index is 0.0441. The minimum atomic E-state index is -3.08. The standard InChI is InChI=1S/C19H22N4O3S4/c1-2-22-18(16-6-4-9-28-16)20-21-19(22)29-12-17(24)23(11-15-5-3-8-27-15)14-7-10-30(25,26)13-14/h3-6,8-9,14H,2,7,10-13H2,1H3. The molecule has 1 amide bonds. The van der Waals surface area contributed by atoms with E-state index in [9.17, 15) is 13.2 Å². The van der Waals surface area contributed by atoms with Crippen LogP contribution in [0.15, 0.2) is 40.2 Å². The Morgan fingerprint density at radius 2 is 2.07 bits per heavy atom. The maximum Gasteiger partial charge on any atom is 0.233 e. The van der Waals surface area contributed by atoms with Crippen molar-refractivity contribution in [3.8, 4) is 10.7 Å². The molecule has 3 aromatic rings. The van der Waals surface area contributed by atoms with Crippen LogP contribution in [-0.2, 0) is 27.7 Å². The fraction of sp³-hybridized carbons (Fsp3) is 0.421. The van der Waals surface area contributed by atoms with Crippen molar-refractivity contribution in [1.29, 1.82) is 0 Å². The van der Waals surface area contributed by atoms with E-state index in [1.807, 2.05) is 46.5 Å². The lowest BCUT2D eigenvalue weighted by atomic mass is 10.2. The number of carbonyl (C=O) groups excluding carboxylic acids is 1. The Balaban J connectivity index is 1.49. The normalized spacial score (nSPS) is 18.0. The van der Waals surface area contributed by atoms with Crippen LogP contribution in [0.25, 0.3) is 10.7 Å². The second-order valence-corrected chi connectivity index (χ2v) is 12.1. The highest BCUT2D eigenvalue weighted by Gasteiger charge is 2.35. The fourth-order valence-electron chi connectivity index (χ4n) is 3.49. The zero-order chi connectivity index (χ0) is 21.1. The summed E-state index contributed by atoms with van der Waals surface area (Å²) in [5.74, 6) is 1.12. The first-order chi connectivity index (χ1) is 14.5. The summed E-state index contributed by atoms with van der Waals surface area (Å²) >= 11 is 4.53. The summed E-state index contributed by atoms with van der Waals surface area (Å²) in [6.07, 6.45) is 0.498. The topological polar surface area (TPSA) is 85.2 Å². The average Bonchev–Trinajstić information content (AvgIpc) is 3.50. The first-order valence-electron chi connectivity index (χ1n) is 9.59. The Morgan fingerprint density at radius 1 is 1.27 bits per heavy atom. The number of sulfone groups is 1. The van der Waals surface area contributed by atoms with Gasteiger partial charge in [-0.3, -0.25) is 4.79 Å². The molecule has 0 aliphatic carbocycles. The van der Waals surface area contributed by atoms with Gasteiger partial charge in [-0.1, -0.05) is 23.9 Å². The molecule has 1 fully saturated rings. The summed E-state index contributed by atoms with van der Waals surface area (Å²) in [5, 5.41) is 13.3. The molecule has 30 heavy (non-hydrogen) atoms. The smallest absolute Gasteiger partial charge is 0.233 e. The average molecular weight is 483 g/mol. The molecular formula is C19H22N4O3S4. The molecule has 0 N–H and O–H groups in total. The van der Waals surface area contributed by atoms with Crippen molar-refractivity contribution in [2.75, 3.05) is 17.3 Å². The number of hydrogen-bond acceptors (Lipinski definition) is 8. The van der Waals surface area contributed by atoms with Gasteiger partial charge in [0.1, 0.15) is 0 Å². The van der Waals surface area contributed by atoms with Gasteiger partial charge in [-0.05, 0) is 36.2 Å². The molecule has 160 valence electrons. The molecule has 1 saturated heterocycles. The molecule has 0 bridgehead atoms. The minimum Gasteiger partial charge on any atom is -0.333 e. The molecule has 1 atom stereocenters. The van der Waals surface area contributed by atoms with Gasteiger partial charge < -0.3 is 9.47 Å². The van der Waals surface area contributed by atoms with Crippen LogP contribution in [0, 0.1) is 0 Å². The van der Waals surface area contributed by atoms with E-state index in [0.29, 0.717) is 24.7 Å². The zero-order valence-electron chi connectivity index (χ0n) is 16.4. The summed E-state index contributed by atoms with van der Waals surface area (Å²) in [6, 6.07) is 7.63. The first kappa shape index (κ1) is 21.5.